The van der Waals surface area contributed by atoms with Crippen LogP contribution in [0.15, 0.2) is 24.8 Å². The van der Waals surface area contributed by atoms with Crippen molar-refractivity contribution >= 4 is 17.4 Å². The molecule has 6 heteroatoms. The van der Waals surface area contributed by atoms with Gasteiger partial charge in [-0.1, -0.05) is 11.6 Å². The highest BCUT2D eigenvalue weighted by atomic mass is 35.5. The van der Waals surface area contributed by atoms with E-state index in [1.165, 1.54) is 0 Å². The fourth-order valence-electron chi connectivity index (χ4n) is 1.52. The van der Waals surface area contributed by atoms with Gasteiger partial charge in [-0.15, -0.1) is 0 Å². The van der Waals surface area contributed by atoms with Crippen LogP contribution in [0.5, 0.6) is 0 Å². The summed E-state index contributed by atoms with van der Waals surface area (Å²) in [5.41, 5.74) is 0. The lowest BCUT2D eigenvalue weighted by Crippen LogP contribution is -2.07. The Morgan fingerprint density at radius 2 is 2.29 bits per heavy atom. The van der Waals surface area contributed by atoms with Gasteiger partial charge in [0.05, 0.1) is 6.33 Å². The third-order valence-corrected chi connectivity index (χ3v) is 2.46. The number of imidazole rings is 1. The molecule has 2 aromatic rings. The summed E-state index contributed by atoms with van der Waals surface area (Å²) in [6, 6.07) is 1.73. The molecule has 90 valence electrons. The first-order valence-electron chi connectivity index (χ1n) is 5.45. The van der Waals surface area contributed by atoms with E-state index in [1.54, 1.807) is 12.3 Å². The van der Waals surface area contributed by atoms with Gasteiger partial charge in [-0.05, 0) is 13.3 Å². The molecule has 2 rings (SSSR count). The van der Waals surface area contributed by atoms with Gasteiger partial charge in [0.15, 0.2) is 0 Å². The van der Waals surface area contributed by atoms with E-state index in [2.05, 4.69) is 20.3 Å². The Labute approximate surface area is 105 Å². The van der Waals surface area contributed by atoms with Crippen LogP contribution in [0.3, 0.4) is 0 Å². The lowest BCUT2D eigenvalue weighted by atomic mass is 10.4. The summed E-state index contributed by atoms with van der Waals surface area (Å²) in [6.07, 6.45) is 6.54. The highest BCUT2D eigenvalue weighted by Gasteiger charge is 1.99. The van der Waals surface area contributed by atoms with Crippen molar-refractivity contribution in [2.24, 2.45) is 0 Å². The van der Waals surface area contributed by atoms with E-state index in [0.29, 0.717) is 11.0 Å². The molecule has 0 radical (unpaired) electrons. The van der Waals surface area contributed by atoms with E-state index < -0.39 is 0 Å². The van der Waals surface area contributed by atoms with Crippen LogP contribution in [0.4, 0.5) is 5.82 Å². The largest absolute Gasteiger partial charge is 0.370 e. The molecule has 2 aromatic heterocycles. The molecule has 0 aliphatic rings. The second-order valence-electron chi connectivity index (χ2n) is 3.70. The monoisotopic (exact) mass is 251 g/mol. The zero-order chi connectivity index (χ0) is 12.1. The normalized spacial score (nSPS) is 10.5. The molecule has 0 atom stereocenters. The highest BCUT2D eigenvalue weighted by Crippen LogP contribution is 2.10. The number of anilines is 1. The molecule has 0 saturated carbocycles. The van der Waals surface area contributed by atoms with E-state index in [1.807, 2.05) is 24.0 Å². The minimum atomic E-state index is 0.467. The molecule has 0 aliphatic carbocycles. The van der Waals surface area contributed by atoms with E-state index in [0.717, 1.165) is 25.3 Å². The maximum absolute atomic E-state index is 5.84. The molecule has 0 spiro atoms. The van der Waals surface area contributed by atoms with Crippen molar-refractivity contribution in [2.75, 3.05) is 11.9 Å². The van der Waals surface area contributed by atoms with Crippen LogP contribution in [-0.4, -0.2) is 26.1 Å². The highest BCUT2D eigenvalue weighted by molar-refractivity contribution is 6.29. The lowest BCUT2D eigenvalue weighted by Gasteiger charge is -2.06. The van der Waals surface area contributed by atoms with Gasteiger partial charge in [0.25, 0.3) is 0 Å². The number of aromatic nitrogens is 4. The van der Waals surface area contributed by atoms with E-state index in [-0.39, 0.29) is 0 Å². The van der Waals surface area contributed by atoms with Crippen molar-refractivity contribution in [3.63, 3.8) is 0 Å². The third-order valence-electron chi connectivity index (χ3n) is 2.27. The average Bonchev–Trinajstić information content (AvgIpc) is 2.76. The van der Waals surface area contributed by atoms with Crippen LogP contribution >= 0.6 is 11.6 Å². The number of hydrogen-bond donors (Lipinski definition) is 1. The van der Waals surface area contributed by atoms with Gasteiger partial charge < -0.3 is 9.88 Å². The van der Waals surface area contributed by atoms with Crippen LogP contribution in [0.25, 0.3) is 0 Å². The van der Waals surface area contributed by atoms with Gasteiger partial charge in [-0.2, -0.15) is 0 Å². The molecule has 0 aliphatic heterocycles. The van der Waals surface area contributed by atoms with Gasteiger partial charge in [0, 0.05) is 31.5 Å². The third kappa shape index (κ3) is 3.71. The van der Waals surface area contributed by atoms with Crippen LogP contribution in [0.2, 0.25) is 5.15 Å². The number of nitrogens with zero attached hydrogens (tertiary/aromatic N) is 4. The minimum absolute atomic E-state index is 0.467. The number of halogens is 1. The summed E-state index contributed by atoms with van der Waals surface area (Å²) in [4.78, 5) is 12.2. The predicted molar refractivity (Wildman–Crippen MR) is 67.1 cm³/mol. The Bertz CT molecular complexity index is 448. The molecule has 0 unspecified atom stereocenters. The zero-order valence-electron chi connectivity index (χ0n) is 9.60. The molecule has 2 heterocycles. The van der Waals surface area contributed by atoms with E-state index in [4.69, 9.17) is 11.6 Å². The Morgan fingerprint density at radius 1 is 1.41 bits per heavy atom. The van der Waals surface area contributed by atoms with Gasteiger partial charge >= 0.3 is 0 Å². The van der Waals surface area contributed by atoms with Crippen molar-refractivity contribution in [1.82, 2.24) is 19.5 Å². The van der Waals surface area contributed by atoms with Gasteiger partial charge in [0.1, 0.15) is 16.8 Å². The Morgan fingerprint density at radius 3 is 3.00 bits per heavy atom. The number of hydrogen-bond acceptors (Lipinski definition) is 4. The summed E-state index contributed by atoms with van der Waals surface area (Å²) >= 11 is 5.84. The van der Waals surface area contributed by atoms with Crippen LogP contribution in [-0.2, 0) is 6.54 Å². The summed E-state index contributed by atoms with van der Waals surface area (Å²) in [6.45, 7) is 3.60. The Hall–Kier alpha value is -1.62. The first-order chi connectivity index (χ1) is 8.24. The Kier molecular flexibility index (Phi) is 3.93. The van der Waals surface area contributed by atoms with Gasteiger partial charge in [-0.25, -0.2) is 15.0 Å². The predicted octanol–water partition coefficient (Wildman–Crippen LogP) is 2.14. The van der Waals surface area contributed by atoms with Gasteiger partial charge in [-0.3, -0.25) is 0 Å². The van der Waals surface area contributed by atoms with Crippen LogP contribution in [0, 0.1) is 6.92 Å². The van der Waals surface area contributed by atoms with Crippen molar-refractivity contribution in [3.8, 4) is 0 Å². The first-order valence-corrected chi connectivity index (χ1v) is 5.82. The topological polar surface area (TPSA) is 55.6 Å². The van der Waals surface area contributed by atoms with Crippen LogP contribution < -0.4 is 5.32 Å². The molecular weight excluding hydrogens is 238 g/mol. The number of aryl methyl sites for hydroxylation is 2. The number of rotatable bonds is 5. The van der Waals surface area contributed by atoms with Crippen LogP contribution in [0.1, 0.15) is 12.2 Å². The molecule has 17 heavy (non-hydrogen) atoms. The van der Waals surface area contributed by atoms with Crippen molar-refractivity contribution in [2.45, 2.75) is 19.9 Å². The second-order valence-corrected chi connectivity index (χ2v) is 4.09. The lowest BCUT2D eigenvalue weighted by molar-refractivity contribution is 0.660. The molecule has 0 amide bonds. The zero-order valence-corrected chi connectivity index (χ0v) is 10.4. The number of nitrogens with one attached hydrogen (secondary N) is 1. The maximum atomic E-state index is 5.84. The molecule has 0 aromatic carbocycles. The summed E-state index contributed by atoms with van der Waals surface area (Å²) in [5.74, 6) is 1.45. The summed E-state index contributed by atoms with van der Waals surface area (Å²) in [5, 5.41) is 3.69. The first kappa shape index (κ1) is 11.9. The second kappa shape index (κ2) is 5.63. The summed E-state index contributed by atoms with van der Waals surface area (Å²) < 4.78 is 2.04. The molecular formula is C11H14ClN5. The van der Waals surface area contributed by atoms with E-state index >= 15 is 0 Å². The van der Waals surface area contributed by atoms with E-state index in [9.17, 15) is 0 Å². The molecule has 0 saturated heterocycles. The molecule has 5 nitrogen and oxygen atoms in total. The fourth-order valence-corrected chi connectivity index (χ4v) is 1.74. The standard InChI is InChI=1S/C11H14ClN5/c1-9-15-10(12)7-11(16-9)14-3-2-5-17-6-4-13-8-17/h4,6-8H,2-3,5H2,1H3,(H,14,15,16). The average molecular weight is 252 g/mol. The maximum Gasteiger partial charge on any atom is 0.134 e. The minimum Gasteiger partial charge on any atom is -0.370 e. The van der Waals surface area contributed by atoms with Crippen molar-refractivity contribution in [3.05, 3.63) is 35.8 Å². The van der Waals surface area contributed by atoms with Crippen molar-refractivity contribution < 1.29 is 0 Å². The quantitative estimate of drug-likeness (QED) is 0.653. The molecule has 0 bridgehead atoms. The summed E-state index contributed by atoms with van der Waals surface area (Å²) in [7, 11) is 0. The fraction of sp³-hybridized carbons (Fsp3) is 0.364. The SMILES string of the molecule is Cc1nc(Cl)cc(NCCCn2ccnc2)n1. The van der Waals surface area contributed by atoms with Crippen molar-refractivity contribution in [1.29, 1.82) is 0 Å². The molecule has 0 fully saturated rings. The Balaban J connectivity index is 1.78. The van der Waals surface area contributed by atoms with Gasteiger partial charge in [0.2, 0.25) is 0 Å². The smallest absolute Gasteiger partial charge is 0.134 e. The molecule has 1 N–H and O–H groups in total.